The Hall–Kier alpha value is -1.91. The first kappa shape index (κ1) is 21.4. The lowest BCUT2D eigenvalue weighted by molar-refractivity contribution is -0.113. The molecule has 0 atom stereocenters. The van der Waals surface area contributed by atoms with E-state index in [1.807, 2.05) is 4.90 Å². The van der Waals surface area contributed by atoms with Gasteiger partial charge in [-0.25, -0.2) is 4.79 Å². The number of ketones is 1. The number of anilines is 1. The Bertz CT molecular complexity index is 740. The van der Waals surface area contributed by atoms with Crippen molar-refractivity contribution in [2.45, 2.75) is 20.8 Å². The number of Topliss-reactive ketones (excluding diaryl/α,β-unsaturated/α-hetero) is 1. The molecular weight excluding hydrogens is 392 g/mol. The molecule has 1 aromatic rings. The van der Waals surface area contributed by atoms with Gasteiger partial charge in [-0.05, 0) is 20.8 Å². The number of aryl methyl sites for hydroxylation is 1. The average Bonchev–Trinajstić information content (AvgIpc) is 2.96. The van der Waals surface area contributed by atoms with Gasteiger partial charge in [0.25, 0.3) is 0 Å². The summed E-state index contributed by atoms with van der Waals surface area (Å²) in [5, 5.41) is 2.54. The summed E-state index contributed by atoms with van der Waals surface area (Å²) in [6.45, 7) is 7.27. The van der Waals surface area contributed by atoms with E-state index in [0.29, 0.717) is 30.6 Å². The van der Waals surface area contributed by atoms with Crippen LogP contribution in [0.2, 0.25) is 0 Å². The number of esters is 1. The Morgan fingerprint density at radius 1 is 1.26 bits per heavy atom. The predicted octanol–water partition coefficient (Wildman–Crippen LogP) is 2.26. The third-order valence-electron chi connectivity index (χ3n) is 3.76. The van der Waals surface area contributed by atoms with Gasteiger partial charge in [0.1, 0.15) is 15.6 Å². The number of thioether (sulfide) groups is 1. The van der Waals surface area contributed by atoms with Gasteiger partial charge in [-0.1, -0.05) is 24.0 Å². The first-order valence-electron chi connectivity index (χ1n) is 8.45. The minimum atomic E-state index is -0.716. The van der Waals surface area contributed by atoms with Gasteiger partial charge in [-0.3, -0.25) is 14.9 Å². The van der Waals surface area contributed by atoms with Crippen molar-refractivity contribution >= 4 is 51.8 Å². The summed E-state index contributed by atoms with van der Waals surface area (Å²) in [6, 6.07) is 0. The average molecular weight is 415 g/mol. The zero-order chi connectivity index (χ0) is 20.0. The zero-order valence-corrected chi connectivity index (χ0v) is 17.1. The monoisotopic (exact) mass is 414 g/mol. The molecule has 0 saturated carbocycles. The van der Waals surface area contributed by atoms with Crippen LogP contribution in [-0.4, -0.2) is 65.5 Å². The number of amides is 1. The van der Waals surface area contributed by atoms with Crippen LogP contribution in [0.25, 0.3) is 0 Å². The Morgan fingerprint density at radius 2 is 1.93 bits per heavy atom. The summed E-state index contributed by atoms with van der Waals surface area (Å²) in [7, 11) is 0. The van der Waals surface area contributed by atoms with Gasteiger partial charge in [0, 0.05) is 13.1 Å². The van der Waals surface area contributed by atoms with E-state index in [1.165, 1.54) is 18.7 Å². The van der Waals surface area contributed by atoms with Crippen LogP contribution in [0.15, 0.2) is 4.42 Å². The number of furan rings is 1. The Kier molecular flexibility index (Phi) is 7.81. The SMILES string of the molecule is CCOC(=O)c1c(NC(=O)CSC(=S)N2CCOCC2)oc(C)c1C(C)=O. The van der Waals surface area contributed by atoms with Crippen molar-refractivity contribution in [2.24, 2.45) is 0 Å². The normalized spacial score (nSPS) is 14.0. The summed E-state index contributed by atoms with van der Waals surface area (Å²) in [4.78, 5) is 38.4. The summed E-state index contributed by atoms with van der Waals surface area (Å²) >= 11 is 6.55. The molecule has 1 fully saturated rings. The molecule has 0 radical (unpaired) electrons. The fourth-order valence-corrected chi connectivity index (χ4v) is 3.63. The van der Waals surface area contributed by atoms with Gasteiger partial charge in [-0.2, -0.15) is 0 Å². The third kappa shape index (κ3) is 5.53. The van der Waals surface area contributed by atoms with Gasteiger partial charge >= 0.3 is 5.97 Å². The number of thiocarbonyl (C=S) groups is 1. The highest BCUT2D eigenvalue weighted by Crippen LogP contribution is 2.28. The quantitative estimate of drug-likeness (QED) is 0.427. The summed E-state index contributed by atoms with van der Waals surface area (Å²) in [6.07, 6.45) is 0. The maximum Gasteiger partial charge on any atom is 0.344 e. The Morgan fingerprint density at radius 3 is 2.52 bits per heavy atom. The molecule has 0 spiro atoms. The van der Waals surface area contributed by atoms with E-state index in [2.05, 4.69) is 5.32 Å². The van der Waals surface area contributed by atoms with Crippen LogP contribution in [-0.2, 0) is 14.3 Å². The van der Waals surface area contributed by atoms with Crippen molar-refractivity contribution in [1.82, 2.24) is 4.90 Å². The van der Waals surface area contributed by atoms with Gasteiger partial charge in [0.15, 0.2) is 5.78 Å². The van der Waals surface area contributed by atoms with Crippen molar-refractivity contribution in [3.63, 3.8) is 0 Å². The lowest BCUT2D eigenvalue weighted by Gasteiger charge is -2.28. The number of nitrogens with one attached hydrogen (secondary N) is 1. The molecule has 10 heteroatoms. The van der Waals surface area contributed by atoms with Crippen molar-refractivity contribution < 1.29 is 28.3 Å². The van der Waals surface area contributed by atoms with Gasteiger partial charge in [0.2, 0.25) is 11.8 Å². The zero-order valence-electron chi connectivity index (χ0n) is 15.5. The van der Waals surface area contributed by atoms with Crippen LogP contribution >= 0.6 is 24.0 Å². The molecule has 1 aromatic heterocycles. The number of rotatable bonds is 6. The highest BCUT2D eigenvalue weighted by atomic mass is 32.2. The lowest BCUT2D eigenvalue weighted by atomic mass is 10.1. The fraction of sp³-hybridized carbons (Fsp3) is 0.529. The number of carbonyl (C=O) groups excluding carboxylic acids is 3. The molecule has 27 heavy (non-hydrogen) atoms. The van der Waals surface area contributed by atoms with Crippen LogP contribution in [0, 0.1) is 6.92 Å². The number of carbonyl (C=O) groups is 3. The van der Waals surface area contributed by atoms with E-state index in [9.17, 15) is 14.4 Å². The molecule has 148 valence electrons. The molecule has 0 aliphatic carbocycles. The van der Waals surface area contributed by atoms with E-state index >= 15 is 0 Å². The van der Waals surface area contributed by atoms with E-state index in [4.69, 9.17) is 26.1 Å². The first-order valence-corrected chi connectivity index (χ1v) is 9.85. The van der Waals surface area contributed by atoms with Crippen LogP contribution in [0.3, 0.4) is 0 Å². The first-order chi connectivity index (χ1) is 12.8. The standard InChI is InChI=1S/C17H22N2O6S2/c1-4-24-16(22)14-13(10(2)20)11(3)25-15(14)18-12(21)9-27-17(26)19-5-7-23-8-6-19/h4-9H2,1-3H3,(H,18,21). The number of hydrogen-bond acceptors (Lipinski definition) is 8. The van der Waals surface area contributed by atoms with Gasteiger partial charge in [0.05, 0.1) is 31.1 Å². The lowest BCUT2D eigenvalue weighted by Crippen LogP contribution is -2.39. The second kappa shape index (κ2) is 9.86. The van der Waals surface area contributed by atoms with E-state index in [0.717, 1.165) is 0 Å². The Labute approximate surface area is 166 Å². The van der Waals surface area contributed by atoms with Gasteiger partial charge in [-0.15, -0.1) is 0 Å². The summed E-state index contributed by atoms with van der Waals surface area (Å²) in [5.41, 5.74) is 0.0520. The summed E-state index contributed by atoms with van der Waals surface area (Å²) < 4.78 is 16.3. The van der Waals surface area contributed by atoms with E-state index in [-0.39, 0.29) is 40.9 Å². The molecule has 8 nitrogen and oxygen atoms in total. The molecule has 1 aliphatic heterocycles. The minimum Gasteiger partial charge on any atom is -0.462 e. The number of nitrogens with zero attached hydrogens (tertiary/aromatic N) is 1. The van der Waals surface area contributed by atoms with Crippen molar-refractivity contribution in [2.75, 3.05) is 44.0 Å². The molecule has 1 aliphatic rings. The largest absolute Gasteiger partial charge is 0.462 e. The predicted molar refractivity (Wildman–Crippen MR) is 105 cm³/mol. The van der Waals surface area contributed by atoms with Crippen LogP contribution in [0.5, 0.6) is 0 Å². The van der Waals surface area contributed by atoms with E-state index in [1.54, 1.807) is 13.8 Å². The molecule has 1 saturated heterocycles. The van der Waals surface area contributed by atoms with Crippen molar-refractivity contribution in [3.8, 4) is 0 Å². The molecule has 0 unspecified atom stereocenters. The number of hydrogen-bond donors (Lipinski definition) is 1. The number of morpholine rings is 1. The summed E-state index contributed by atoms with van der Waals surface area (Å²) in [5.74, 6) is -1.25. The minimum absolute atomic E-state index is 0.0492. The molecule has 2 heterocycles. The maximum atomic E-state index is 12.3. The van der Waals surface area contributed by atoms with Crippen LogP contribution in [0.1, 0.15) is 40.3 Å². The molecule has 0 aromatic carbocycles. The smallest absolute Gasteiger partial charge is 0.344 e. The molecular formula is C17H22N2O6S2. The Balaban J connectivity index is 2.06. The molecule has 1 amide bonds. The van der Waals surface area contributed by atoms with Crippen molar-refractivity contribution in [1.29, 1.82) is 0 Å². The molecule has 2 rings (SSSR count). The van der Waals surface area contributed by atoms with Crippen LogP contribution < -0.4 is 5.32 Å². The van der Waals surface area contributed by atoms with Gasteiger partial charge < -0.3 is 18.8 Å². The van der Waals surface area contributed by atoms with Crippen LogP contribution in [0.4, 0.5) is 5.88 Å². The highest BCUT2D eigenvalue weighted by Gasteiger charge is 2.28. The topological polar surface area (TPSA) is 98.1 Å². The van der Waals surface area contributed by atoms with E-state index < -0.39 is 11.9 Å². The third-order valence-corrected chi connectivity index (χ3v) is 5.29. The highest BCUT2D eigenvalue weighted by molar-refractivity contribution is 8.23. The number of ether oxygens (including phenoxy) is 2. The second-order valence-electron chi connectivity index (χ2n) is 5.72. The fourth-order valence-electron chi connectivity index (χ4n) is 2.58. The second-order valence-corrected chi connectivity index (χ2v) is 7.33. The van der Waals surface area contributed by atoms with Crippen molar-refractivity contribution in [3.05, 3.63) is 16.9 Å². The maximum absolute atomic E-state index is 12.3. The molecule has 1 N–H and O–H groups in total. The molecule has 0 bridgehead atoms.